The van der Waals surface area contributed by atoms with Crippen molar-refractivity contribution in [2.75, 3.05) is 19.7 Å². The fraction of sp³-hybridized carbons (Fsp3) is 0.667. The van der Waals surface area contributed by atoms with Crippen molar-refractivity contribution < 1.29 is 9.53 Å². The van der Waals surface area contributed by atoms with E-state index in [2.05, 4.69) is 35.1 Å². The Kier molecular flexibility index (Phi) is 6.33. The van der Waals surface area contributed by atoms with Gasteiger partial charge in [-0.1, -0.05) is 13.0 Å². The summed E-state index contributed by atoms with van der Waals surface area (Å²) in [5, 5.41) is 7.92. The van der Waals surface area contributed by atoms with Crippen LogP contribution in [0.4, 0.5) is 4.79 Å². The lowest BCUT2D eigenvalue weighted by molar-refractivity contribution is 0.104. The first-order valence-corrected chi connectivity index (χ1v) is 8.27. The van der Waals surface area contributed by atoms with Crippen LogP contribution in [0.3, 0.4) is 0 Å². The van der Waals surface area contributed by atoms with E-state index in [1.807, 2.05) is 0 Å². The molecule has 2 rings (SSSR count). The van der Waals surface area contributed by atoms with Crippen molar-refractivity contribution >= 4 is 17.4 Å². The Bertz CT molecular complexity index is 389. The Balaban J connectivity index is 1.52. The maximum absolute atomic E-state index is 11.7. The number of urea groups is 1. The zero-order valence-electron chi connectivity index (χ0n) is 12.1. The van der Waals surface area contributed by atoms with Gasteiger partial charge in [-0.15, -0.1) is 11.3 Å². The van der Waals surface area contributed by atoms with Crippen molar-refractivity contribution in [2.45, 2.75) is 38.7 Å². The first-order chi connectivity index (χ1) is 9.74. The van der Waals surface area contributed by atoms with E-state index in [4.69, 9.17) is 4.74 Å². The minimum Gasteiger partial charge on any atom is -0.378 e. The molecule has 5 heteroatoms. The zero-order chi connectivity index (χ0) is 14.2. The molecule has 2 N–H and O–H groups in total. The van der Waals surface area contributed by atoms with Crippen molar-refractivity contribution in [2.24, 2.45) is 5.92 Å². The lowest BCUT2D eigenvalue weighted by Gasteiger charge is -2.13. The summed E-state index contributed by atoms with van der Waals surface area (Å²) in [6.07, 6.45) is 4.55. The molecular weight excluding hydrogens is 272 g/mol. The van der Waals surface area contributed by atoms with Crippen molar-refractivity contribution in [3.63, 3.8) is 0 Å². The van der Waals surface area contributed by atoms with E-state index < -0.39 is 0 Å². The van der Waals surface area contributed by atoms with Gasteiger partial charge in [-0.2, -0.15) is 0 Å². The van der Waals surface area contributed by atoms with Gasteiger partial charge in [0, 0.05) is 24.6 Å². The van der Waals surface area contributed by atoms with Crippen LogP contribution in [-0.2, 0) is 11.2 Å². The second-order valence-electron chi connectivity index (χ2n) is 5.45. The number of nitrogens with one attached hydrogen (secondary N) is 2. The van der Waals surface area contributed by atoms with Crippen LogP contribution in [0.25, 0.3) is 0 Å². The van der Waals surface area contributed by atoms with Crippen LogP contribution in [0.1, 0.15) is 31.1 Å². The largest absolute Gasteiger partial charge is 0.378 e. The van der Waals surface area contributed by atoms with Crippen LogP contribution >= 0.6 is 11.3 Å². The van der Waals surface area contributed by atoms with E-state index >= 15 is 0 Å². The highest BCUT2D eigenvalue weighted by molar-refractivity contribution is 7.09. The molecule has 1 aromatic rings. The number of hydrogen-bond acceptors (Lipinski definition) is 3. The lowest BCUT2D eigenvalue weighted by atomic mass is 10.1. The predicted octanol–water partition coefficient (Wildman–Crippen LogP) is 2.80. The van der Waals surface area contributed by atoms with Gasteiger partial charge in [0.15, 0.2) is 0 Å². The van der Waals surface area contributed by atoms with Crippen LogP contribution < -0.4 is 10.6 Å². The van der Waals surface area contributed by atoms with Gasteiger partial charge in [0.2, 0.25) is 0 Å². The molecule has 0 aliphatic carbocycles. The van der Waals surface area contributed by atoms with Gasteiger partial charge in [0.25, 0.3) is 0 Å². The normalized spacial score (nSPS) is 19.8. The smallest absolute Gasteiger partial charge is 0.314 e. The number of thiophene rings is 1. The molecule has 2 amide bonds. The lowest BCUT2D eigenvalue weighted by Crippen LogP contribution is -2.39. The van der Waals surface area contributed by atoms with Crippen molar-refractivity contribution in [1.82, 2.24) is 10.6 Å². The molecule has 112 valence electrons. The molecule has 20 heavy (non-hydrogen) atoms. The number of ether oxygens (including phenoxy) is 1. The Morgan fingerprint density at radius 3 is 3.15 bits per heavy atom. The molecule has 1 aliphatic heterocycles. The van der Waals surface area contributed by atoms with Crippen molar-refractivity contribution in [1.29, 1.82) is 0 Å². The summed E-state index contributed by atoms with van der Waals surface area (Å²) < 4.78 is 5.52. The van der Waals surface area contributed by atoms with Gasteiger partial charge in [-0.05, 0) is 43.0 Å². The molecular formula is C15H24N2O2S. The van der Waals surface area contributed by atoms with Gasteiger partial charge in [-0.25, -0.2) is 4.79 Å². The first kappa shape index (κ1) is 15.3. The summed E-state index contributed by atoms with van der Waals surface area (Å²) in [5.41, 5.74) is 0. The Morgan fingerprint density at radius 1 is 1.55 bits per heavy atom. The summed E-state index contributed by atoms with van der Waals surface area (Å²) in [6.45, 7) is 4.43. The maximum Gasteiger partial charge on any atom is 0.314 e. The number of carbonyl (C=O) groups is 1. The number of amides is 2. The van der Waals surface area contributed by atoms with Crippen LogP contribution in [0, 0.1) is 5.92 Å². The highest BCUT2D eigenvalue weighted by Crippen LogP contribution is 2.14. The second kappa shape index (κ2) is 8.27. The topological polar surface area (TPSA) is 50.4 Å². The maximum atomic E-state index is 11.7. The zero-order valence-corrected chi connectivity index (χ0v) is 12.9. The van der Waals surface area contributed by atoms with Crippen LogP contribution in [0.5, 0.6) is 0 Å². The third-order valence-electron chi connectivity index (χ3n) is 3.52. The van der Waals surface area contributed by atoms with Crippen LogP contribution in [0.2, 0.25) is 0 Å². The molecule has 4 nitrogen and oxygen atoms in total. The molecule has 0 aromatic carbocycles. The van der Waals surface area contributed by atoms with E-state index in [0.717, 1.165) is 32.3 Å². The average Bonchev–Trinajstić information content (AvgIpc) is 3.09. The molecule has 0 saturated carbocycles. The Morgan fingerprint density at radius 2 is 2.45 bits per heavy atom. The molecule has 0 unspecified atom stereocenters. The van der Waals surface area contributed by atoms with Gasteiger partial charge >= 0.3 is 6.03 Å². The fourth-order valence-corrected chi connectivity index (χ4v) is 3.26. The third-order valence-corrected chi connectivity index (χ3v) is 4.42. The van der Waals surface area contributed by atoms with Crippen LogP contribution in [-0.4, -0.2) is 31.8 Å². The first-order valence-electron chi connectivity index (χ1n) is 7.39. The Labute approximate surface area is 124 Å². The fourth-order valence-electron chi connectivity index (χ4n) is 2.39. The summed E-state index contributed by atoms with van der Waals surface area (Å²) in [4.78, 5) is 13.0. The van der Waals surface area contributed by atoms with Crippen molar-refractivity contribution in [3.05, 3.63) is 22.4 Å². The molecule has 1 fully saturated rings. The summed E-state index contributed by atoms with van der Waals surface area (Å²) in [5.74, 6) is 0.456. The standard InChI is InChI=1S/C15H24N2O2S/c1-12(10-14-5-3-9-20-14)11-17-15(18)16-7-6-13-4-2-8-19-13/h3,5,9,12-13H,2,4,6-8,10-11H2,1H3,(H2,16,17,18)/t12-,13+/m0/s1. The minimum absolute atomic E-state index is 0.0685. The molecule has 0 spiro atoms. The minimum atomic E-state index is -0.0685. The average molecular weight is 296 g/mol. The van der Waals surface area contributed by atoms with E-state index in [0.29, 0.717) is 25.1 Å². The van der Waals surface area contributed by atoms with Gasteiger partial charge in [0.05, 0.1) is 6.10 Å². The molecule has 2 atom stereocenters. The molecule has 1 aliphatic rings. The highest BCUT2D eigenvalue weighted by atomic mass is 32.1. The molecule has 1 saturated heterocycles. The number of carbonyl (C=O) groups excluding carboxylic acids is 1. The van der Waals surface area contributed by atoms with Gasteiger partial charge in [-0.3, -0.25) is 0 Å². The third kappa shape index (κ3) is 5.51. The monoisotopic (exact) mass is 296 g/mol. The summed E-state index contributed by atoms with van der Waals surface area (Å²) >= 11 is 1.77. The molecule has 0 radical (unpaired) electrons. The Hall–Kier alpha value is -1.07. The molecule has 2 heterocycles. The molecule has 1 aromatic heterocycles. The van der Waals surface area contributed by atoms with E-state index in [9.17, 15) is 4.79 Å². The van der Waals surface area contributed by atoms with E-state index in [1.54, 1.807) is 11.3 Å². The summed E-state index contributed by atoms with van der Waals surface area (Å²) in [6, 6.07) is 4.14. The summed E-state index contributed by atoms with van der Waals surface area (Å²) in [7, 11) is 0. The van der Waals surface area contributed by atoms with Gasteiger partial charge in [0.1, 0.15) is 0 Å². The van der Waals surface area contributed by atoms with Gasteiger partial charge < -0.3 is 15.4 Å². The van der Waals surface area contributed by atoms with Crippen LogP contribution in [0.15, 0.2) is 17.5 Å². The SMILES string of the molecule is C[C@H](CNC(=O)NCC[C@H]1CCCO1)Cc1cccs1. The highest BCUT2D eigenvalue weighted by Gasteiger charge is 2.15. The van der Waals surface area contributed by atoms with Crippen molar-refractivity contribution in [3.8, 4) is 0 Å². The quantitative estimate of drug-likeness (QED) is 0.813. The van der Waals surface area contributed by atoms with E-state index in [1.165, 1.54) is 4.88 Å². The predicted molar refractivity (Wildman–Crippen MR) is 82.2 cm³/mol. The number of hydrogen-bond donors (Lipinski definition) is 2. The second-order valence-corrected chi connectivity index (χ2v) is 6.48. The van der Waals surface area contributed by atoms with E-state index in [-0.39, 0.29) is 6.03 Å². The number of rotatable bonds is 7. The molecule has 0 bridgehead atoms.